The van der Waals surface area contributed by atoms with Gasteiger partial charge in [-0.1, -0.05) is 35.5 Å². The maximum Gasteiger partial charge on any atom is 0.367 e. The van der Waals surface area contributed by atoms with Gasteiger partial charge < -0.3 is 14.3 Å². The van der Waals surface area contributed by atoms with Gasteiger partial charge in [0.05, 0.1) is 21.5 Å². The average molecular weight is 463 g/mol. The van der Waals surface area contributed by atoms with E-state index < -0.39 is 5.97 Å². The first-order valence-corrected chi connectivity index (χ1v) is 9.27. The lowest BCUT2D eigenvalue weighted by Gasteiger charge is -2.15. The predicted molar refractivity (Wildman–Crippen MR) is 108 cm³/mol. The van der Waals surface area contributed by atoms with Crippen LogP contribution in [-0.2, 0) is 16.2 Å². The van der Waals surface area contributed by atoms with Crippen LogP contribution in [-0.4, -0.2) is 18.3 Å². The van der Waals surface area contributed by atoms with E-state index in [4.69, 9.17) is 14.3 Å². The number of carbonyl (C=O) groups is 1. The third-order valence-corrected chi connectivity index (χ3v) is 4.55. The Morgan fingerprint density at radius 2 is 1.96 bits per heavy atom. The van der Waals surface area contributed by atoms with E-state index in [2.05, 4.69) is 27.7 Å². The van der Waals surface area contributed by atoms with Crippen LogP contribution in [0.25, 0.3) is 6.08 Å². The lowest BCUT2D eigenvalue weighted by molar-refractivity contribution is -0.136. The van der Waals surface area contributed by atoms with Crippen LogP contribution in [0.15, 0.2) is 53.2 Å². The number of ether oxygens (including phenoxy) is 2. The molecule has 0 atom stereocenters. The molecule has 0 bridgehead atoms. The first kappa shape index (κ1) is 18.4. The standard InChI is InChI=1S/C20H18INO4/c1-3-24-18-11-15(9-16-13(2)22-26-20(16)23)10-17(21)19(18)25-12-14-7-5-4-6-8-14/h4-11H,3,12H2,1-2H3/b16-9+. The summed E-state index contributed by atoms with van der Waals surface area (Å²) in [5.74, 6) is 0.890. The number of benzene rings is 2. The van der Waals surface area contributed by atoms with Crippen molar-refractivity contribution in [1.29, 1.82) is 0 Å². The topological polar surface area (TPSA) is 57.1 Å². The van der Waals surface area contributed by atoms with E-state index in [1.165, 1.54) is 0 Å². The lowest BCUT2D eigenvalue weighted by Crippen LogP contribution is -2.03. The Morgan fingerprint density at radius 1 is 1.19 bits per heavy atom. The van der Waals surface area contributed by atoms with E-state index in [9.17, 15) is 4.79 Å². The van der Waals surface area contributed by atoms with E-state index in [-0.39, 0.29) is 0 Å². The summed E-state index contributed by atoms with van der Waals surface area (Å²) < 4.78 is 12.7. The number of rotatable bonds is 6. The highest BCUT2D eigenvalue weighted by atomic mass is 127. The Labute approximate surface area is 165 Å². The molecule has 1 aliphatic heterocycles. The number of oxime groups is 1. The minimum absolute atomic E-state index is 0.445. The van der Waals surface area contributed by atoms with Gasteiger partial charge in [-0.25, -0.2) is 4.79 Å². The molecule has 0 amide bonds. The van der Waals surface area contributed by atoms with Crippen LogP contribution in [0.5, 0.6) is 11.5 Å². The van der Waals surface area contributed by atoms with Crippen molar-refractivity contribution in [2.75, 3.05) is 6.61 Å². The zero-order valence-electron chi connectivity index (χ0n) is 14.5. The third-order valence-electron chi connectivity index (χ3n) is 3.74. The van der Waals surface area contributed by atoms with Crippen LogP contribution in [0.1, 0.15) is 25.0 Å². The zero-order chi connectivity index (χ0) is 18.5. The molecule has 134 valence electrons. The summed E-state index contributed by atoms with van der Waals surface area (Å²) in [5.41, 5.74) is 2.92. The number of halogens is 1. The van der Waals surface area contributed by atoms with E-state index in [1.54, 1.807) is 13.0 Å². The second-order valence-electron chi connectivity index (χ2n) is 5.65. The van der Waals surface area contributed by atoms with Crippen molar-refractivity contribution >= 4 is 40.3 Å². The Kier molecular flexibility index (Phi) is 5.92. The van der Waals surface area contributed by atoms with Gasteiger partial charge in [-0.15, -0.1) is 0 Å². The molecule has 6 heteroatoms. The fourth-order valence-electron chi connectivity index (χ4n) is 2.49. The first-order valence-electron chi connectivity index (χ1n) is 8.19. The molecular formula is C20H18INO4. The van der Waals surface area contributed by atoms with E-state index in [0.29, 0.717) is 36.0 Å². The SMILES string of the molecule is CCOc1cc(/C=C2/C(=O)ON=C2C)cc(I)c1OCc1ccccc1. The van der Waals surface area contributed by atoms with Crippen LogP contribution in [0.3, 0.4) is 0 Å². The van der Waals surface area contributed by atoms with Crippen molar-refractivity contribution in [2.24, 2.45) is 5.16 Å². The highest BCUT2D eigenvalue weighted by Gasteiger charge is 2.22. The summed E-state index contributed by atoms with van der Waals surface area (Å²) in [4.78, 5) is 16.4. The summed E-state index contributed by atoms with van der Waals surface area (Å²) in [7, 11) is 0. The van der Waals surface area contributed by atoms with E-state index >= 15 is 0 Å². The quantitative estimate of drug-likeness (QED) is 0.358. The molecule has 0 spiro atoms. The second-order valence-corrected chi connectivity index (χ2v) is 6.81. The Bertz CT molecular complexity index is 875. The summed E-state index contributed by atoms with van der Waals surface area (Å²) in [6.45, 7) is 4.63. The maximum atomic E-state index is 11.7. The Hall–Kier alpha value is -2.35. The van der Waals surface area contributed by atoms with Crippen LogP contribution in [0, 0.1) is 3.57 Å². The largest absolute Gasteiger partial charge is 0.490 e. The molecule has 26 heavy (non-hydrogen) atoms. The predicted octanol–water partition coefficient (Wildman–Crippen LogP) is 4.59. The molecule has 0 N–H and O–H groups in total. The van der Waals surface area contributed by atoms with Crippen LogP contribution >= 0.6 is 22.6 Å². The molecule has 0 saturated heterocycles. The molecule has 0 aliphatic carbocycles. The van der Waals surface area contributed by atoms with Crippen molar-refractivity contribution in [3.63, 3.8) is 0 Å². The number of hydrogen-bond acceptors (Lipinski definition) is 5. The van der Waals surface area contributed by atoms with Gasteiger partial charge in [0.15, 0.2) is 11.5 Å². The molecule has 0 unspecified atom stereocenters. The van der Waals surface area contributed by atoms with Gasteiger partial charge in [-0.3, -0.25) is 0 Å². The van der Waals surface area contributed by atoms with Gasteiger partial charge in [0.2, 0.25) is 0 Å². The summed E-state index contributed by atoms with van der Waals surface area (Å²) >= 11 is 2.21. The molecule has 5 nitrogen and oxygen atoms in total. The van der Waals surface area contributed by atoms with Crippen molar-refractivity contribution < 1.29 is 19.1 Å². The number of nitrogens with zero attached hydrogens (tertiary/aromatic N) is 1. The van der Waals surface area contributed by atoms with Gasteiger partial charge in [0.25, 0.3) is 0 Å². The smallest absolute Gasteiger partial charge is 0.367 e. The lowest BCUT2D eigenvalue weighted by atomic mass is 10.1. The second kappa shape index (κ2) is 8.35. The third kappa shape index (κ3) is 4.24. The average Bonchev–Trinajstić information content (AvgIpc) is 2.94. The van der Waals surface area contributed by atoms with E-state index in [0.717, 1.165) is 14.7 Å². The minimum atomic E-state index is -0.445. The van der Waals surface area contributed by atoms with Gasteiger partial charge in [0, 0.05) is 0 Å². The Morgan fingerprint density at radius 3 is 2.62 bits per heavy atom. The summed E-state index contributed by atoms with van der Waals surface area (Å²) in [5, 5.41) is 3.70. The fourth-order valence-corrected chi connectivity index (χ4v) is 3.27. The van der Waals surface area contributed by atoms with Gasteiger partial charge in [-0.2, -0.15) is 0 Å². The molecule has 1 aliphatic rings. The van der Waals surface area contributed by atoms with Crippen LogP contribution < -0.4 is 9.47 Å². The molecule has 2 aromatic carbocycles. The fraction of sp³-hybridized carbons (Fsp3) is 0.200. The van der Waals surface area contributed by atoms with Gasteiger partial charge in [-0.05, 0) is 65.8 Å². The molecule has 0 aromatic heterocycles. The van der Waals surface area contributed by atoms with Crippen molar-refractivity contribution in [1.82, 2.24) is 0 Å². The number of hydrogen-bond donors (Lipinski definition) is 0. The normalized spacial score (nSPS) is 15.0. The minimum Gasteiger partial charge on any atom is -0.490 e. The molecule has 0 radical (unpaired) electrons. The molecule has 1 heterocycles. The summed E-state index contributed by atoms with van der Waals surface area (Å²) in [6, 6.07) is 13.8. The molecule has 3 rings (SSSR count). The van der Waals surface area contributed by atoms with Gasteiger partial charge >= 0.3 is 5.97 Å². The van der Waals surface area contributed by atoms with Gasteiger partial charge in [0.1, 0.15) is 6.61 Å². The van der Waals surface area contributed by atoms with Crippen LogP contribution in [0.4, 0.5) is 0 Å². The molecule has 0 saturated carbocycles. The zero-order valence-corrected chi connectivity index (χ0v) is 16.6. The number of carbonyl (C=O) groups excluding carboxylic acids is 1. The first-order chi connectivity index (χ1) is 12.6. The van der Waals surface area contributed by atoms with Crippen LogP contribution in [0.2, 0.25) is 0 Å². The highest BCUT2D eigenvalue weighted by Crippen LogP contribution is 2.35. The van der Waals surface area contributed by atoms with E-state index in [1.807, 2.05) is 49.4 Å². The highest BCUT2D eigenvalue weighted by molar-refractivity contribution is 14.1. The molecule has 0 fully saturated rings. The maximum absolute atomic E-state index is 11.7. The summed E-state index contributed by atoms with van der Waals surface area (Å²) in [6.07, 6.45) is 1.75. The Balaban J connectivity index is 1.90. The molecule has 2 aromatic rings. The van der Waals surface area contributed by atoms with Crippen molar-refractivity contribution in [2.45, 2.75) is 20.5 Å². The molecular weight excluding hydrogens is 445 g/mol. The van der Waals surface area contributed by atoms with Crippen molar-refractivity contribution in [3.05, 3.63) is 62.7 Å². The monoisotopic (exact) mass is 463 g/mol. The van der Waals surface area contributed by atoms with Crippen molar-refractivity contribution in [3.8, 4) is 11.5 Å².